The van der Waals surface area contributed by atoms with Gasteiger partial charge in [-0.25, -0.2) is 0 Å². The molecule has 0 saturated heterocycles. The maximum atomic E-state index is 5.21. The van der Waals surface area contributed by atoms with Gasteiger partial charge in [0.25, 0.3) is 0 Å². The molecule has 2 aromatic carbocycles. The number of hydrogen-bond acceptors (Lipinski definition) is 1. The number of hydrogen-bond donors (Lipinski definition) is 0. The van der Waals surface area contributed by atoms with Gasteiger partial charge in [-0.1, -0.05) is 75.7 Å². The lowest BCUT2D eigenvalue weighted by Gasteiger charge is -2.54. The monoisotopic (exact) mass is 359 g/mol. The minimum atomic E-state index is 0.0389. The van der Waals surface area contributed by atoms with Crippen LogP contribution in [0, 0.1) is 5.92 Å². The van der Waals surface area contributed by atoms with Crippen LogP contribution in [0.2, 0.25) is 0 Å². The molecule has 2 aliphatic rings. The number of aliphatic imine (C=N–C) groups is 1. The average Bonchev–Trinajstić information content (AvgIpc) is 2.67. The van der Waals surface area contributed by atoms with Gasteiger partial charge in [-0.05, 0) is 72.1 Å². The highest BCUT2D eigenvalue weighted by Crippen LogP contribution is 2.55. The Hall–Kier alpha value is -1.89. The zero-order chi connectivity index (χ0) is 19.1. The molecule has 0 spiro atoms. The second kappa shape index (κ2) is 6.93. The van der Waals surface area contributed by atoms with E-state index in [1.807, 2.05) is 0 Å². The lowest BCUT2D eigenvalue weighted by atomic mass is 9.52. The van der Waals surface area contributed by atoms with Gasteiger partial charge in [0, 0.05) is 6.21 Å². The number of nitrogens with zero attached hydrogens (tertiary/aromatic N) is 1. The van der Waals surface area contributed by atoms with Crippen LogP contribution in [-0.4, -0.2) is 11.8 Å². The molecule has 1 nitrogen and oxygen atoms in total. The fraction of sp³-hybridized carbons (Fsp3) is 0.500. The normalized spacial score (nSPS) is 30.3. The Morgan fingerprint density at radius 2 is 1.81 bits per heavy atom. The quantitative estimate of drug-likeness (QED) is 0.541. The van der Waals surface area contributed by atoms with Gasteiger partial charge < -0.3 is 0 Å². The van der Waals surface area contributed by atoms with Crippen LogP contribution in [0.5, 0.6) is 0 Å². The summed E-state index contributed by atoms with van der Waals surface area (Å²) in [5, 5.41) is 0. The van der Waals surface area contributed by atoms with E-state index >= 15 is 0 Å². The van der Waals surface area contributed by atoms with E-state index in [1.54, 1.807) is 11.1 Å². The highest BCUT2D eigenvalue weighted by Gasteiger charge is 2.51. The summed E-state index contributed by atoms with van der Waals surface area (Å²) in [6.07, 6.45) is 8.34. The van der Waals surface area contributed by atoms with E-state index in [9.17, 15) is 0 Å². The Labute approximate surface area is 164 Å². The minimum Gasteiger partial charge on any atom is -0.286 e. The summed E-state index contributed by atoms with van der Waals surface area (Å²) >= 11 is 0. The summed E-state index contributed by atoms with van der Waals surface area (Å²) in [6, 6.07) is 17.9. The molecule has 0 amide bonds. The van der Waals surface area contributed by atoms with Crippen molar-refractivity contribution in [2.24, 2.45) is 10.9 Å². The van der Waals surface area contributed by atoms with E-state index in [-0.39, 0.29) is 11.0 Å². The first kappa shape index (κ1) is 18.5. The molecule has 0 heterocycles. The number of fused-ring (bicyclic) bond motifs is 3. The van der Waals surface area contributed by atoms with Crippen LogP contribution in [0.3, 0.4) is 0 Å². The Morgan fingerprint density at radius 3 is 2.56 bits per heavy atom. The Balaban J connectivity index is 1.69. The third-order valence-electron chi connectivity index (χ3n) is 7.32. The zero-order valence-electron chi connectivity index (χ0n) is 17.3. The highest BCUT2D eigenvalue weighted by atomic mass is 14.9. The first-order valence-electron chi connectivity index (χ1n) is 10.7. The molecule has 0 N–H and O–H groups in total. The summed E-state index contributed by atoms with van der Waals surface area (Å²) < 4.78 is 0. The van der Waals surface area contributed by atoms with E-state index < -0.39 is 0 Å². The highest BCUT2D eigenvalue weighted by molar-refractivity contribution is 5.79. The van der Waals surface area contributed by atoms with Crippen molar-refractivity contribution in [3.05, 3.63) is 70.8 Å². The van der Waals surface area contributed by atoms with Crippen molar-refractivity contribution in [2.45, 2.75) is 76.7 Å². The Bertz CT molecular complexity index is 835. The van der Waals surface area contributed by atoms with Crippen molar-refractivity contribution >= 4 is 6.21 Å². The van der Waals surface area contributed by atoms with Crippen LogP contribution >= 0.6 is 0 Å². The largest absolute Gasteiger partial charge is 0.286 e. The predicted molar refractivity (Wildman–Crippen MR) is 116 cm³/mol. The van der Waals surface area contributed by atoms with E-state index in [2.05, 4.69) is 82.4 Å². The van der Waals surface area contributed by atoms with Crippen molar-refractivity contribution in [2.75, 3.05) is 0 Å². The fourth-order valence-electron chi connectivity index (χ4n) is 5.75. The maximum absolute atomic E-state index is 5.21. The molecule has 0 bridgehead atoms. The van der Waals surface area contributed by atoms with Gasteiger partial charge in [0.05, 0.1) is 5.54 Å². The molecule has 142 valence electrons. The second-order valence-corrected chi connectivity index (χ2v) is 9.46. The Kier molecular flexibility index (Phi) is 4.74. The molecular formula is C26H33N. The van der Waals surface area contributed by atoms with E-state index in [0.29, 0.717) is 11.8 Å². The van der Waals surface area contributed by atoms with Gasteiger partial charge in [0.2, 0.25) is 0 Å². The van der Waals surface area contributed by atoms with Crippen molar-refractivity contribution in [1.29, 1.82) is 0 Å². The molecule has 27 heavy (non-hydrogen) atoms. The van der Waals surface area contributed by atoms with Crippen LogP contribution in [0.4, 0.5) is 0 Å². The zero-order valence-corrected chi connectivity index (χ0v) is 17.3. The van der Waals surface area contributed by atoms with Gasteiger partial charge in [0.15, 0.2) is 0 Å². The van der Waals surface area contributed by atoms with E-state index in [1.165, 1.54) is 43.2 Å². The molecule has 2 aliphatic carbocycles. The van der Waals surface area contributed by atoms with E-state index in [0.717, 1.165) is 0 Å². The molecule has 3 atom stereocenters. The molecule has 0 aromatic heterocycles. The predicted octanol–water partition coefficient (Wildman–Crippen LogP) is 6.69. The first-order chi connectivity index (χ1) is 12.9. The lowest BCUT2D eigenvalue weighted by Crippen LogP contribution is -2.52. The molecule has 1 saturated carbocycles. The average molecular weight is 360 g/mol. The number of rotatable bonds is 3. The van der Waals surface area contributed by atoms with Crippen LogP contribution in [0.1, 0.15) is 81.5 Å². The van der Waals surface area contributed by atoms with E-state index in [4.69, 9.17) is 4.99 Å². The topological polar surface area (TPSA) is 12.4 Å². The van der Waals surface area contributed by atoms with Gasteiger partial charge in [-0.3, -0.25) is 4.99 Å². The van der Waals surface area contributed by atoms with Crippen molar-refractivity contribution < 1.29 is 0 Å². The standard InChI is InChI=1S/C26H33N/c1-19(2)21-11-13-23-22(17-21)12-14-24-25(23,3)15-8-16-26(24,4)27-18-20-9-6-5-7-10-20/h5-7,9-11,13,17-19,24H,8,12,14-16H2,1-4H3/t24-,25-,26-/m0/s1. The minimum absolute atomic E-state index is 0.0389. The van der Waals surface area contributed by atoms with Crippen molar-refractivity contribution in [3.8, 4) is 0 Å². The summed E-state index contributed by atoms with van der Waals surface area (Å²) in [5.41, 5.74) is 6.18. The van der Waals surface area contributed by atoms with Crippen molar-refractivity contribution in [3.63, 3.8) is 0 Å². The number of aryl methyl sites for hydroxylation is 1. The van der Waals surface area contributed by atoms with Gasteiger partial charge >= 0.3 is 0 Å². The molecule has 4 rings (SSSR count). The van der Waals surface area contributed by atoms with Crippen LogP contribution < -0.4 is 0 Å². The maximum Gasteiger partial charge on any atom is 0.0616 e. The van der Waals surface area contributed by atoms with Crippen LogP contribution in [0.25, 0.3) is 0 Å². The van der Waals surface area contributed by atoms with Gasteiger partial charge in [-0.15, -0.1) is 0 Å². The molecule has 2 aromatic rings. The summed E-state index contributed by atoms with van der Waals surface area (Å²) in [5.74, 6) is 1.23. The second-order valence-electron chi connectivity index (χ2n) is 9.46. The SMILES string of the molecule is CC(C)c1ccc2c(c1)CC[C@H]1[C@@]2(C)CCC[C@]1(C)N=Cc1ccccc1. The smallest absolute Gasteiger partial charge is 0.0616 e. The molecule has 0 aliphatic heterocycles. The summed E-state index contributed by atoms with van der Waals surface area (Å²) in [6.45, 7) is 9.51. The first-order valence-corrected chi connectivity index (χ1v) is 10.7. The fourth-order valence-corrected chi connectivity index (χ4v) is 5.75. The number of benzene rings is 2. The molecule has 1 heteroatoms. The third kappa shape index (κ3) is 3.26. The molecular weight excluding hydrogens is 326 g/mol. The molecule has 1 fully saturated rings. The van der Waals surface area contributed by atoms with Crippen molar-refractivity contribution in [1.82, 2.24) is 0 Å². The molecule has 0 unspecified atom stereocenters. The third-order valence-corrected chi connectivity index (χ3v) is 7.32. The summed E-state index contributed by atoms with van der Waals surface area (Å²) in [4.78, 5) is 5.21. The van der Waals surface area contributed by atoms with Gasteiger partial charge in [0.1, 0.15) is 0 Å². The Morgan fingerprint density at radius 1 is 1.04 bits per heavy atom. The van der Waals surface area contributed by atoms with Gasteiger partial charge in [-0.2, -0.15) is 0 Å². The lowest BCUT2D eigenvalue weighted by molar-refractivity contribution is 0.0927. The van der Waals surface area contributed by atoms with Crippen LogP contribution in [-0.2, 0) is 11.8 Å². The van der Waals surface area contributed by atoms with Crippen LogP contribution in [0.15, 0.2) is 53.5 Å². The summed E-state index contributed by atoms with van der Waals surface area (Å²) in [7, 11) is 0. The molecule has 0 radical (unpaired) electrons.